The van der Waals surface area contributed by atoms with Crippen molar-refractivity contribution in [2.75, 3.05) is 45.9 Å². The third kappa shape index (κ3) is 5.85. The quantitative estimate of drug-likeness (QED) is 0.811. The van der Waals surface area contributed by atoms with E-state index in [0.717, 1.165) is 26.3 Å². The van der Waals surface area contributed by atoms with Gasteiger partial charge in [0.25, 0.3) is 0 Å². The van der Waals surface area contributed by atoms with Gasteiger partial charge in [0.15, 0.2) is 0 Å². The number of rotatable bonds is 6. The van der Waals surface area contributed by atoms with Crippen LogP contribution in [0, 0.1) is 0 Å². The maximum Gasteiger partial charge on any atom is 0.0594 e. The highest BCUT2D eigenvalue weighted by Gasteiger charge is 2.23. The summed E-state index contributed by atoms with van der Waals surface area (Å²) in [7, 11) is 0. The molecule has 2 aliphatic rings. The van der Waals surface area contributed by atoms with Gasteiger partial charge in [-0.2, -0.15) is 0 Å². The highest BCUT2D eigenvalue weighted by molar-refractivity contribution is 4.82. The van der Waals surface area contributed by atoms with Gasteiger partial charge >= 0.3 is 0 Å². The summed E-state index contributed by atoms with van der Waals surface area (Å²) in [6.07, 6.45) is 5.60. The molecule has 0 aromatic carbocycles. The second kappa shape index (κ2) is 9.09. The smallest absolute Gasteiger partial charge is 0.0594 e. The summed E-state index contributed by atoms with van der Waals surface area (Å²) in [5.74, 6) is 0. The minimum Gasteiger partial charge on any atom is -0.379 e. The Morgan fingerprint density at radius 1 is 0.905 bits per heavy atom. The van der Waals surface area contributed by atoms with Crippen LogP contribution < -0.4 is 5.32 Å². The lowest BCUT2D eigenvalue weighted by Crippen LogP contribution is -2.54. The Hall–Kier alpha value is -0.160. The van der Waals surface area contributed by atoms with Crippen LogP contribution in [0.15, 0.2) is 0 Å². The Kier molecular flexibility index (Phi) is 7.44. The highest BCUT2D eigenvalue weighted by atomic mass is 16.5. The van der Waals surface area contributed by atoms with E-state index in [9.17, 15) is 0 Å². The predicted molar refractivity (Wildman–Crippen MR) is 88.8 cm³/mol. The van der Waals surface area contributed by atoms with Crippen LogP contribution in [-0.2, 0) is 4.74 Å². The van der Waals surface area contributed by atoms with Gasteiger partial charge in [-0.15, -0.1) is 0 Å². The summed E-state index contributed by atoms with van der Waals surface area (Å²) in [6.45, 7) is 14.7. The van der Waals surface area contributed by atoms with E-state index >= 15 is 0 Å². The van der Waals surface area contributed by atoms with Crippen molar-refractivity contribution in [3.63, 3.8) is 0 Å². The second-order valence-corrected chi connectivity index (χ2v) is 6.96. The molecule has 0 aromatic heterocycles. The zero-order valence-corrected chi connectivity index (χ0v) is 14.3. The van der Waals surface area contributed by atoms with Gasteiger partial charge < -0.3 is 15.0 Å². The fraction of sp³-hybridized carbons (Fsp3) is 1.00. The summed E-state index contributed by atoms with van der Waals surface area (Å²) >= 11 is 0. The third-order valence-corrected chi connectivity index (χ3v) is 5.12. The molecule has 1 N–H and O–H groups in total. The molecule has 3 atom stereocenters. The van der Waals surface area contributed by atoms with Gasteiger partial charge in [-0.05, 0) is 46.7 Å². The first-order chi connectivity index (χ1) is 10.2. The van der Waals surface area contributed by atoms with Crippen LogP contribution in [0.3, 0.4) is 0 Å². The molecule has 0 saturated carbocycles. The van der Waals surface area contributed by atoms with Gasteiger partial charge in [-0.3, -0.25) is 4.90 Å². The number of likely N-dealkylation sites (tertiary alicyclic amines) is 1. The molecule has 0 bridgehead atoms. The van der Waals surface area contributed by atoms with E-state index in [-0.39, 0.29) is 0 Å². The van der Waals surface area contributed by atoms with Crippen molar-refractivity contribution in [1.29, 1.82) is 0 Å². The van der Waals surface area contributed by atoms with Crippen LogP contribution in [0.4, 0.5) is 0 Å². The van der Waals surface area contributed by atoms with Crippen LogP contribution >= 0.6 is 0 Å². The van der Waals surface area contributed by atoms with Gasteiger partial charge in [0.1, 0.15) is 0 Å². The average molecular weight is 297 g/mol. The second-order valence-electron chi connectivity index (χ2n) is 6.96. The third-order valence-electron chi connectivity index (χ3n) is 5.12. The van der Waals surface area contributed by atoms with Crippen molar-refractivity contribution in [2.24, 2.45) is 0 Å². The number of morpholine rings is 1. The molecule has 2 rings (SSSR count). The summed E-state index contributed by atoms with van der Waals surface area (Å²) in [6, 6.07) is 1.69. The number of ether oxygens (including phenoxy) is 1. The van der Waals surface area contributed by atoms with E-state index in [1.807, 2.05) is 0 Å². The van der Waals surface area contributed by atoms with E-state index in [0.29, 0.717) is 18.1 Å². The van der Waals surface area contributed by atoms with Crippen molar-refractivity contribution in [3.05, 3.63) is 0 Å². The van der Waals surface area contributed by atoms with Crippen LogP contribution in [0.25, 0.3) is 0 Å². The van der Waals surface area contributed by atoms with Gasteiger partial charge in [-0.25, -0.2) is 0 Å². The maximum atomic E-state index is 5.45. The van der Waals surface area contributed by atoms with Crippen molar-refractivity contribution in [3.8, 4) is 0 Å². The molecule has 2 aliphatic heterocycles. The molecule has 21 heavy (non-hydrogen) atoms. The number of nitrogens with zero attached hydrogens (tertiary/aromatic N) is 2. The van der Waals surface area contributed by atoms with Crippen LogP contribution in [0.2, 0.25) is 0 Å². The molecule has 4 heteroatoms. The van der Waals surface area contributed by atoms with E-state index < -0.39 is 0 Å². The molecule has 0 amide bonds. The van der Waals surface area contributed by atoms with E-state index in [1.54, 1.807) is 0 Å². The first kappa shape index (κ1) is 17.2. The van der Waals surface area contributed by atoms with Crippen molar-refractivity contribution in [2.45, 2.75) is 64.6 Å². The molecule has 2 fully saturated rings. The van der Waals surface area contributed by atoms with E-state index in [2.05, 4.69) is 35.9 Å². The highest BCUT2D eigenvalue weighted by Crippen LogP contribution is 2.11. The summed E-state index contributed by atoms with van der Waals surface area (Å²) < 4.78 is 5.45. The number of hydrogen-bond acceptors (Lipinski definition) is 4. The summed E-state index contributed by atoms with van der Waals surface area (Å²) in [4.78, 5) is 5.20. The van der Waals surface area contributed by atoms with Gasteiger partial charge in [0.05, 0.1) is 13.2 Å². The molecular weight excluding hydrogens is 262 g/mol. The summed E-state index contributed by atoms with van der Waals surface area (Å²) in [5.41, 5.74) is 0. The molecule has 0 aliphatic carbocycles. The SMILES string of the molecule is C[C@H](CN1CCCCCC1)N[C@H](C)[C@@H](C)N1CCOCC1. The zero-order chi connectivity index (χ0) is 15.1. The Balaban J connectivity index is 1.71. The molecule has 0 radical (unpaired) electrons. The molecule has 4 nitrogen and oxygen atoms in total. The largest absolute Gasteiger partial charge is 0.379 e. The van der Waals surface area contributed by atoms with Crippen LogP contribution in [-0.4, -0.2) is 73.9 Å². The predicted octanol–water partition coefficient (Wildman–Crippen LogP) is 1.95. The summed E-state index contributed by atoms with van der Waals surface area (Å²) in [5, 5.41) is 3.82. The maximum absolute atomic E-state index is 5.45. The van der Waals surface area contributed by atoms with Crippen LogP contribution in [0.5, 0.6) is 0 Å². The lowest BCUT2D eigenvalue weighted by Gasteiger charge is -2.37. The first-order valence-electron chi connectivity index (χ1n) is 8.97. The minimum atomic E-state index is 0.532. The van der Waals surface area contributed by atoms with E-state index in [1.165, 1.54) is 45.3 Å². The topological polar surface area (TPSA) is 27.7 Å². The molecule has 0 spiro atoms. The Morgan fingerprint density at radius 3 is 2.14 bits per heavy atom. The minimum absolute atomic E-state index is 0.532. The molecule has 0 unspecified atom stereocenters. The first-order valence-corrected chi connectivity index (χ1v) is 8.97. The molecular formula is C17H35N3O. The van der Waals surface area contributed by atoms with Gasteiger partial charge in [0.2, 0.25) is 0 Å². The number of hydrogen-bond donors (Lipinski definition) is 1. The average Bonchev–Trinajstić information content (AvgIpc) is 2.75. The lowest BCUT2D eigenvalue weighted by molar-refractivity contribution is 0.0126. The van der Waals surface area contributed by atoms with Crippen LogP contribution in [0.1, 0.15) is 46.5 Å². The normalized spacial score (nSPS) is 27.0. The van der Waals surface area contributed by atoms with Crippen molar-refractivity contribution >= 4 is 0 Å². The Bertz CT molecular complexity index is 273. The Morgan fingerprint density at radius 2 is 1.52 bits per heavy atom. The van der Waals surface area contributed by atoms with Crippen molar-refractivity contribution < 1.29 is 4.74 Å². The molecule has 2 saturated heterocycles. The monoisotopic (exact) mass is 297 g/mol. The van der Waals surface area contributed by atoms with Crippen molar-refractivity contribution in [1.82, 2.24) is 15.1 Å². The molecule has 0 aromatic rings. The number of nitrogens with one attached hydrogen (secondary N) is 1. The lowest BCUT2D eigenvalue weighted by atomic mass is 10.1. The standard InChI is InChI=1S/C17H35N3O/c1-15(14-19-8-6-4-5-7-9-19)18-16(2)17(3)20-10-12-21-13-11-20/h15-18H,4-14H2,1-3H3/t15-,16-,17-/m1/s1. The van der Waals surface area contributed by atoms with E-state index in [4.69, 9.17) is 4.74 Å². The Labute approximate surface area is 131 Å². The molecule has 2 heterocycles. The zero-order valence-electron chi connectivity index (χ0n) is 14.3. The fourth-order valence-electron chi connectivity index (χ4n) is 3.65. The van der Waals surface area contributed by atoms with Gasteiger partial charge in [-0.1, -0.05) is 12.8 Å². The molecule has 124 valence electrons. The fourth-order valence-corrected chi connectivity index (χ4v) is 3.65. The van der Waals surface area contributed by atoms with Gasteiger partial charge in [0, 0.05) is 37.8 Å².